The number of hydrogen-bond acceptors (Lipinski definition) is 6. The van der Waals surface area contributed by atoms with Gasteiger partial charge in [-0.3, -0.25) is 0 Å². The van der Waals surface area contributed by atoms with E-state index in [2.05, 4.69) is 0 Å². The van der Waals surface area contributed by atoms with E-state index in [1.54, 1.807) is 59.8 Å². The summed E-state index contributed by atoms with van der Waals surface area (Å²) in [6, 6.07) is 18.4. The Morgan fingerprint density at radius 3 is 1.50 bits per heavy atom. The molecule has 168 valence electrons. The van der Waals surface area contributed by atoms with Gasteiger partial charge in [0.1, 0.15) is 34.9 Å². The van der Waals surface area contributed by atoms with E-state index in [4.69, 9.17) is 23.7 Å². The van der Waals surface area contributed by atoms with Gasteiger partial charge in [-0.15, -0.1) is 0 Å². The predicted octanol–water partition coefficient (Wildman–Crippen LogP) is 5.00. The number of benzene rings is 3. The summed E-state index contributed by atoms with van der Waals surface area (Å²) < 4.78 is 26.9. The molecular weight excluding hydrogens is 408 g/mol. The average Bonchev–Trinajstić information content (AvgIpc) is 2.86. The molecule has 3 aromatic rings. The Morgan fingerprint density at radius 1 is 0.625 bits per heavy atom. The highest BCUT2D eigenvalue weighted by molar-refractivity contribution is 5.85. The van der Waals surface area contributed by atoms with E-state index >= 15 is 0 Å². The van der Waals surface area contributed by atoms with Gasteiger partial charge in [-0.2, -0.15) is 0 Å². The van der Waals surface area contributed by atoms with Crippen molar-refractivity contribution in [3.05, 3.63) is 77.4 Å². The van der Waals surface area contributed by atoms with Crippen molar-refractivity contribution in [2.45, 2.75) is 6.10 Å². The van der Waals surface area contributed by atoms with Crippen LogP contribution in [0.2, 0.25) is 0 Å². The Bertz CT molecular complexity index is 1030. The van der Waals surface area contributed by atoms with Crippen molar-refractivity contribution in [3.8, 4) is 28.7 Å². The van der Waals surface area contributed by atoms with Crippen LogP contribution in [-0.4, -0.2) is 40.7 Å². The molecule has 0 amide bonds. The molecule has 0 spiro atoms. The summed E-state index contributed by atoms with van der Waals surface area (Å²) in [5, 5.41) is 11.5. The monoisotopic (exact) mass is 436 g/mol. The SMILES string of the molecule is COc1ccc(/C=C(\c2cc(OC)cc(OC)c2)C(O)c2cc(OC)cc(OC)c2)cc1. The fraction of sp³-hybridized carbons (Fsp3) is 0.231. The first-order valence-electron chi connectivity index (χ1n) is 10.0. The molecule has 0 aliphatic heterocycles. The highest BCUT2D eigenvalue weighted by Crippen LogP contribution is 2.38. The highest BCUT2D eigenvalue weighted by atomic mass is 16.5. The second kappa shape index (κ2) is 10.6. The Kier molecular flexibility index (Phi) is 7.63. The molecule has 6 nitrogen and oxygen atoms in total. The Hall–Kier alpha value is -3.64. The minimum Gasteiger partial charge on any atom is -0.497 e. The van der Waals surface area contributed by atoms with Gasteiger partial charge in [0.15, 0.2) is 0 Å². The van der Waals surface area contributed by atoms with Crippen molar-refractivity contribution in [2.24, 2.45) is 0 Å². The average molecular weight is 437 g/mol. The van der Waals surface area contributed by atoms with E-state index in [0.717, 1.165) is 16.9 Å². The number of hydrogen-bond donors (Lipinski definition) is 1. The van der Waals surface area contributed by atoms with Crippen LogP contribution in [0.3, 0.4) is 0 Å². The Morgan fingerprint density at radius 2 is 1.06 bits per heavy atom. The van der Waals surface area contributed by atoms with Gasteiger partial charge in [0, 0.05) is 12.1 Å². The number of aliphatic hydroxyl groups is 1. The first-order valence-corrected chi connectivity index (χ1v) is 10.0. The van der Waals surface area contributed by atoms with Crippen LogP contribution >= 0.6 is 0 Å². The lowest BCUT2D eigenvalue weighted by Gasteiger charge is -2.19. The third-order valence-electron chi connectivity index (χ3n) is 5.11. The van der Waals surface area contributed by atoms with E-state index in [1.807, 2.05) is 42.5 Å². The van der Waals surface area contributed by atoms with Crippen LogP contribution in [-0.2, 0) is 0 Å². The maximum absolute atomic E-state index is 11.5. The second-order valence-electron chi connectivity index (χ2n) is 7.02. The summed E-state index contributed by atoms with van der Waals surface area (Å²) in [7, 11) is 7.96. The van der Waals surface area contributed by atoms with E-state index < -0.39 is 6.10 Å². The van der Waals surface area contributed by atoms with Crippen molar-refractivity contribution in [3.63, 3.8) is 0 Å². The first-order chi connectivity index (χ1) is 15.5. The third-order valence-corrected chi connectivity index (χ3v) is 5.11. The minimum atomic E-state index is -0.974. The molecule has 1 N–H and O–H groups in total. The summed E-state index contributed by atoms with van der Waals surface area (Å²) >= 11 is 0. The zero-order valence-corrected chi connectivity index (χ0v) is 18.9. The van der Waals surface area contributed by atoms with Crippen molar-refractivity contribution in [1.29, 1.82) is 0 Å². The number of rotatable bonds is 9. The fourth-order valence-corrected chi connectivity index (χ4v) is 3.34. The van der Waals surface area contributed by atoms with Crippen LogP contribution in [0.25, 0.3) is 11.6 Å². The maximum Gasteiger partial charge on any atom is 0.123 e. The van der Waals surface area contributed by atoms with Gasteiger partial charge in [-0.25, -0.2) is 0 Å². The van der Waals surface area contributed by atoms with Gasteiger partial charge in [-0.05, 0) is 64.7 Å². The fourth-order valence-electron chi connectivity index (χ4n) is 3.34. The lowest BCUT2D eigenvalue weighted by atomic mass is 9.92. The normalized spacial score (nSPS) is 12.1. The summed E-state index contributed by atoms with van der Waals surface area (Å²) in [4.78, 5) is 0. The molecule has 0 radical (unpaired) electrons. The van der Waals surface area contributed by atoms with Crippen molar-refractivity contribution >= 4 is 11.6 Å². The van der Waals surface area contributed by atoms with Crippen molar-refractivity contribution < 1.29 is 28.8 Å². The molecule has 32 heavy (non-hydrogen) atoms. The van der Waals surface area contributed by atoms with Crippen LogP contribution in [0, 0.1) is 0 Å². The summed E-state index contributed by atoms with van der Waals surface area (Å²) in [6.07, 6.45) is 0.947. The Balaban J connectivity index is 2.17. The molecule has 0 bridgehead atoms. The molecule has 3 rings (SSSR count). The van der Waals surface area contributed by atoms with Crippen LogP contribution in [0.15, 0.2) is 60.7 Å². The summed E-state index contributed by atoms with van der Waals surface area (Å²) in [6.45, 7) is 0. The van der Waals surface area contributed by atoms with Crippen LogP contribution in [0.5, 0.6) is 28.7 Å². The molecule has 1 atom stereocenters. The smallest absolute Gasteiger partial charge is 0.123 e. The van der Waals surface area contributed by atoms with Crippen LogP contribution in [0.4, 0.5) is 0 Å². The molecule has 0 saturated heterocycles. The van der Waals surface area contributed by atoms with Gasteiger partial charge < -0.3 is 28.8 Å². The van der Waals surface area contributed by atoms with E-state index in [0.29, 0.717) is 34.1 Å². The minimum absolute atomic E-state index is 0.588. The standard InChI is InChI=1S/C26H28O6/c1-28-20-8-6-17(7-9-20)10-25(18-11-21(29-2)15-22(12-18)30-3)26(27)19-13-23(31-4)16-24(14-19)32-5/h6-16,26-27H,1-5H3/b25-10+. The zero-order chi connectivity index (χ0) is 23.1. The molecule has 0 heterocycles. The number of ether oxygens (including phenoxy) is 5. The lowest BCUT2D eigenvalue weighted by Crippen LogP contribution is -2.03. The molecule has 6 heteroatoms. The van der Waals surface area contributed by atoms with Crippen LogP contribution < -0.4 is 23.7 Å². The highest BCUT2D eigenvalue weighted by Gasteiger charge is 2.19. The van der Waals surface area contributed by atoms with Gasteiger partial charge in [0.25, 0.3) is 0 Å². The van der Waals surface area contributed by atoms with E-state index in [9.17, 15) is 5.11 Å². The maximum atomic E-state index is 11.5. The molecule has 0 aliphatic carbocycles. The van der Waals surface area contributed by atoms with Gasteiger partial charge in [0.2, 0.25) is 0 Å². The largest absolute Gasteiger partial charge is 0.497 e. The van der Waals surface area contributed by atoms with Gasteiger partial charge in [-0.1, -0.05) is 12.1 Å². The lowest BCUT2D eigenvalue weighted by molar-refractivity contribution is 0.237. The molecule has 0 saturated carbocycles. The predicted molar refractivity (Wildman–Crippen MR) is 125 cm³/mol. The van der Waals surface area contributed by atoms with Gasteiger partial charge >= 0.3 is 0 Å². The Labute approximate surface area is 188 Å². The van der Waals surface area contributed by atoms with Crippen molar-refractivity contribution in [2.75, 3.05) is 35.5 Å². The molecule has 0 aliphatic rings. The summed E-state index contributed by atoms with van der Waals surface area (Å²) in [5.74, 6) is 3.17. The van der Waals surface area contributed by atoms with Crippen LogP contribution in [0.1, 0.15) is 22.8 Å². The van der Waals surface area contributed by atoms with E-state index in [-0.39, 0.29) is 0 Å². The number of aliphatic hydroxyl groups excluding tert-OH is 1. The quantitative estimate of drug-likeness (QED) is 0.476. The van der Waals surface area contributed by atoms with Crippen molar-refractivity contribution in [1.82, 2.24) is 0 Å². The molecule has 1 unspecified atom stereocenters. The third kappa shape index (κ3) is 5.34. The molecular formula is C26H28O6. The zero-order valence-electron chi connectivity index (χ0n) is 18.9. The molecule has 3 aromatic carbocycles. The number of methoxy groups -OCH3 is 5. The van der Waals surface area contributed by atoms with E-state index in [1.165, 1.54) is 0 Å². The first kappa shape index (κ1) is 23.0. The topological polar surface area (TPSA) is 66.4 Å². The molecule has 0 fully saturated rings. The summed E-state index contributed by atoms with van der Waals surface area (Å²) in [5.41, 5.74) is 2.94. The second-order valence-corrected chi connectivity index (χ2v) is 7.02. The van der Waals surface area contributed by atoms with Gasteiger partial charge in [0.05, 0.1) is 35.5 Å². The molecule has 0 aromatic heterocycles.